The zero-order valence-electron chi connectivity index (χ0n) is 12.9. The number of benzene rings is 2. The van der Waals surface area contributed by atoms with E-state index in [0.29, 0.717) is 0 Å². The lowest BCUT2D eigenvalue weighted by Gasteiger charge is -2.08. The Hall–Kier alpha value is -3.29. The van der Waals surface area contributed by atoms with Crippen LogP contribution in [0.2, 0.25) is 0 Å². The highest BCUT2D eigenvalue weighted by Crippen LogP contribution is 2.08. The summed E-state index contributed by atoms with van der Waals surface area (Å²) in [5.74, 6) is -3.26. The number of halogens is 2. The van der Waals surface area contributed by atoms with E-state index in [4.69, 9.17) is 0 Å². The Balaban J connectivity index is 1.73. The minimum atomic E-state index is -0.848. The molecule has 2 N–H and O–H groups in total. The summed E-state index contributed by atoms with van der Waals surface area (Å²) in [7, 11) is 0. The third-order valence-corrected chi connectivity index (χ3v) is 2.95. The van der Waals surface area contributed by atoms with Crippen molar-refractivity contribution >= 4 is 23.5 Å². The molecule has 0 aromatic heterocycles. The summed E-state index contributed by atoms with van der Waals surface area (Å²) in [6.07, 6.45) is 0. The number of ether oxygens (including phenoxy) is 1. The summed E-state index contributed by atoms with van der Waals surface area (Å²) in [5.41, 5.74) is 0.275. The van der Waals surface area contributed by atoms with Crippen LogP contribution in [0.15, 0.2) is 48.5 Å². The summed E-state index contributed by atoms with van der Waals surface area (Å²) in [4.78, 5) is 34.8. The van der Waals surface area contributed by atoms with Gasteiger partial charge in [-0.15, -0.1) is 0 Å². The zero-order valence-corrected chi connectivity index (χ0v) is 12.9. The molecule has 0 radical (unpaired) electrons. The molecule has 0 aliphatic carbocycles. The average Bonchev–Trinajstić information content (AvgIpc) is 2.58. The molecule has 0 aliphatic rings. The Morgan fingerprint density at radius 2 is 1.64 bits per heavy atom. The van der Waals surface area contributed by atoms with Crippen molar-refractivity contribution in [3.8, 4) is 0 Å². The SMILES string of the molecule is O=C(COC(=O)CNC(=O)c1cccc(F)c1)Nc1cccc(F)c1. The van der Waals surface area contributed by atoms with Crippen molar-refractivity contribution in [3.05, 3.63) is 65.7 Å². The van der Waals surface area contributed by atoms with Gasteiger partial charge in [0.05, 0.1) is 0 Å². The first kappa shape index (κ1) is 18.1. The molecule has 2 aromatic rings. The minimum Gasteiger partial charge on any atom is -0.454 e. The average molecular weight is 348 g/mol. The maximum absolute atomic E-state index is 13.0. The van der Waals surface area contributed by atoms with Gasteiger partial charge >= 0.3 is 5.97 Å². The summed E-state index contributed by atoms with van der Waals surface area (Å²) in [6, 6.07) is 10.2. The number of hydrogen-bond donors (Lipinski definition) is 2. The fourth-order valence-corrected chi connectivity index (χ4v) is 1.84. The monoisotopic (exact) mass is 348 g/mol. The molecule has 0 fully saturated rings. The van der Waals surface area contributed by atoms with Crippen LogP contribution in [0.25, 0.3) is 0 Å². The molecule has 0 bridgehead atoms. The largest absolute Gasteiger partial charge is 0.454 e. The fourth-order valence-electron chi connectivity index (χ4n) is 1.84. The van der Waals surface area contributed by atoms with Gasteiger partial charge in [0, 0.05) is 11.3 Å². The van der Waals surface area contributed by atoms with Crippen LogP contribution in [0.1, 0.15) is 10.4 Å². The van der Waals surface area contributed by atoms with E-state index >= 15 is 0 Å². The van der Waals surface area contributed by atoms with Crippen LogP contribution >= 0.6 is 0 Å². The highest BCUT2D eigenvalue weighted by atomic mass is 19.1. The predicted octanol–water partition coefficient (Wildman–Crippen LogP) is 1.88. The lowest BCUT2D eigenvalue weighted by molar-refractivity contribution is -0.146. The molecule has 2 rings (SSSR count). The molecule has 130 valence electrons. The number of amides is 2. The number of carbonyl (C=O) groups is 3. The number of carbonyl (C=O) groups excluding carboxylic acids is 3. The number of anilines is 1. The van der Waals surface area contributed by atoms with E-state index < -0.39 is 42.6 Å². The molecule has 8 heteroatoms. The number of esters is 1. The molecule has 2 amide bonds. The zero-order chi connectivity index (χ0) is 18.2. The first-order chi connectivity index (χ1) is 11.9. The molecule has 0 aliphatic heterocycles. The Labute approximate surface area is 141 Å². The molecule has 0 atom stereocenters. The van der Waals surface area contributed by atoms with Gasteiger partial charge in [0.25, 0.3) is 11.8 Å². The van der Waals surface area contributed by atoms with Gasteiger partial charge < -0.3 is 15.4 Å². The Kier molecular flexibility index (Phi) is 6.16. The number of hydrogen-bond acceptors (Lipinski definition) is 4. The molecular weight excluding hydrogens is 334 g/mol. The van der Waals surface area contributed by atoms with Gasteiger partial charge in [0.15, 0.2) is 6.61 Å². The van der Waals surface area contributed by atoms with Crippen LogP contribution in [0.4, 0.5) is 14.5 Å². The predicted molar refractivity (Wildman–Crippen MR) is 84.7 cm³/mol. The van der Waals surface area contributed by atoms with Gasteiger partial charge in [0.1, 0.15) is 18.2 Å². The van der Waals surface area contributed by atoms with Crippen LogP contribution in [-0.4, -0.2) is 30.9 Å². The van der Waals surface area contributed by atoms with Crippen molar-refractivity contribution in [3.63, 3.8) is 0 Å². The van der Waals surface area contributed by atoms with Gasteiger partial charge in [-0.25, -0.2) is 8.78 Å². The van der Waals surface area contributed by atoms with Gasteiger partial charge in [-0.2, -0.15) is 0 Å². The van der Waals surface area contributed by atoms with E-state index in [0.717, 1.165) is 12.1 Å². The van der Waals surface area contributed by atoms with E-state index in [1.165, 1.54) is 36.4 Å². The second-order valence-corrected chi connectivity index (χ2v) is 4.91. The topological polar surface area (TPSA) is 84.5 Å². The van der Waals surface area contributed by atoms with E-state index in [-0.39, 0.29) is 11.3 Å². The summed E-state index contributed by atoms with van der Waals surface area (Å²) >= 11 is 0. The van der Waals surface area contributed by atoms with E-state index in [1.807, 2.05) is 0 Å². The minimum absolute atomic E-state index is 0.0525. The molecule has 0 saturated heterocycles. The Morgan fingerprint density at radius 3 is 2.32 bits per heavy atom. The molecule has 0 unspecified atom stereocenters. The van der Waals surface area contributed by atoms with Crippen molar-refractivity contribution < 1.29 is 27.9 Å². The van der Waals surface area contributed by atoms with Crippen molar-refractivity contribution in [1.82, 2.24) is 5.32 Å². The van der Waals surface area contributed by atoms with Gasteiger partial charge in [0.2, 0.25) is 0 Å². The first-order valence-corrected chi connectivity index (χ1v) is 7.19. The second kappa shape index (κ2) is 8.53. The van der Waals surface area contributed by atoms with Crippen LogP contribution in [0, 0.1) is 11.6 Å². The van der Waals surface area contributed by atoms with Crippen LogP contribution in [-0.2, 0) is 14.3 Å². The van der Waals surface area contributed by atoms with Gasteiger partial charge in [-0.3, -0.25) is 14.4 Å². The van der Waals surface area contributed by atoms with Crippen LogP contribution in [0.3, 0.4) is 0 Å². The maximum atomic E-state index is 13.0. The highest BCUT2D eigenvalue weighted by Gasteiger charge is 2.11. The van der Waals surface area contributed by atoms with E-state index in [1.54, 1.807) is 0 Å². The standard InChI is InChI=1S/C17H14F2N2O4/c18-12-4-1-3-11(7-12)17(24)20-9-16(23)25-10-15(22)21-14-6-2-5-13(19)8-14/h1-8H,9-10H2,(H,20,24)(H,21,22). The third kappa shape index (κ3) is 6.02. The van der Waals surface area contributed by atoms with E-state index in [9.17, 15) is 23.2 Å². The van der Waals surface area contributed by atoms with Gasteiger partial charge in [-0.05, 0) is 36.4 Å². The first-order valence-electron chi connectivity index (χ1n) is 7.19. The lowest BCUT2D eigenvalue weighted by atomic mass is 10.2. The molecular formula is C17H14F2N2O4. The molecule has 0 spiro atoms. The van der Waals surface area contributed by atoms with Crippen molar-refractivity contribution in [2.24, 2.45) is 0 Å². The Morgan fingerprint density at radius 1 is 0.960 bits per heavy atom. The Bertz CT molecular complexity index is 796. The fraction of sp³-hybridized carbons (Fsp3) is 0.118. The summed E-state index contributed by atoms with van der Waals surface area (Å²) in [5, 5.41) is 4.60. The van der Waals surface area contributed by atoms with E-state index in [2.05, 4.69) is 15.4 Å². The molecule has 2 aromatic carbocycles. The number of rotatable bonds is 6. The summed E-state index contributed by atoms with van der Waals surface area (Å²) < 4.78 is 30.7. The van der Waals surface area contributed by atoms with Crippen LogP contribution in [0.5, 0.6) is 0 Å². The molecule has 6 nitrogen and oxygen atoms in total. The van der Waals surface area contributed by atoms with Crippen LogP contribution < -0.4 is 10.6 Å². The highest BCUT2D eigenvalue weighted by molar-refractivity contribution is 5.96. The second-order valence-electron chi connectivity index (χ2n) is 4.91. The molecule has 25 heavy (non-hydrogen) atoms. The molecule has 0 saturated carbocycles. The maximum Gasteiger partial charge on any atom is 0.325 e. The van der Waals surface area contributed by atoms with Crippen molar-refractivity contribution in [2.45, 2.75) is 0 Å². The van der Waals surface area contributed by atoms with Gasteiger partial charge in [-0.1, -0.05) is 12.1 Å². The normalized spacial score (nSPS) is 10.0. The summed E-state index contributed by atoms with van der Waals surface area (Å²) in [6.45, 7) is -1.08. The number of nitrogens with one attached hydrogen (secondary N) is 2. The third-order valence-electron chi connectivity index (χ3n) is 2.95. The lowest BCUT2D eigenvalue weighted by Crippen LogP contribution is -2.32. The molecule has 0 heterocycles. The van der Waals surface area contributed by atoms with Crippen molar-refractivity contribution in [2.75, 3.05) is 18.5 Å². The van der Waals surface area contributed by atoms with Crippen molar-refractivity contribution in [1.29, 1.82) is 0 Å². The quantitative estimate of drug-likeness (QED) is 0.781. The smallest absolute Gasteiger partial charge is 0.325 e.